The van der Waals surface area contributed by atoms with Gasteiger partial charge in [-0.15, -0.1) is 0 Å². The molecule has 0 aromatic heterocycles. The molecule has 1 N–H and O–H groups in total. The fraction of sp³-hybridized carbons (Fsp3) is 0.588. The van der Waals surface area contributed by atoms with E-state index in [1.165, 1.54) is 0 Å². The lowest BCUT2D eigenvalue weighted by Gasteiger charge is -2.34. The van der Waals surface area contributed by atoms with Crippen molar-refractivity contribution in [1.82, 2.24) is 9.62 Å². The summed E-state index contributed by atoms with van der Waals surface area (Å²) in [5.74, 6) is -0.355. The summed E-state index contributed by atoms with van der Waals surface area (Å²) in [6, 6.07) is 5.79. The van der Waals surface area contributed by atoms with Gasteiger partial charge in [-0.05, 0) is 31.9 Å². The minimum atomic E-state index is -3.75. The zero-order valence-corrected chi connectivity index (χ0v) is 15.5. The summed E-state index contributed by atoms with van der Waals surface area (Å²) in [6.45, 7) is 8.91. The Bertz CT molecular complexity index is 670. The van der Waals surface area contributed by atoms with Crippen molar-refractivity contribution in [3.05, 3.63) is 29.8 Å². The fourth-order valence-electron chi connectivity index (χ4n) is 2.64. The van der Waals surface area contributed by atoms with Crippen LogP contribution in [0.25, 0.3) is 0 Å². The van der Waals surface area contributed by atoms with Gasteiger partial charge in [0.05, 0.1) is 17.6 Å². The molecule has 1 saturated heterocycles. The van der Waals surface area contributed by atoms with Crippen molar-refractivity contribution >= 4 is 15.9 Å². The number of amides is 1. The number of benzene rings is 1. The van der Waals surface area contributed by atoms with Crippen molar-refractivity contribution in [1.29, 1.82) is 0 Å². The van der Waals surface area contributed by atoms with Crippen LogP contribution >= 0.6 is 0 Å². The fourth-order valence-corrected chi connectivity index (χ4v) is 3.98. The zero-order chi connectivity index (χ0) is 17.9. The van der Waals surface area contributed by atoms with Gasteiger partial charge in [0, 0.05) is 13.1 Å². The minimum absolute atomic E-state index is 0.0378. The van der Waals surface area contributed by atoms with E-state index in [-0.39, 0.29) is 22.8 Å². The summed E-state index contributed by atoms with van der Waals surface area (Å²) >= 11 is 0. The highest BCUT2D eigenvalue weighted by Crippen LogP contribution is 2.16. The van der Waals surface area contributed by atoms with E-state index in [1.54, 1.807) is 29.2 Å². The topological polar surface area (TPSA) is 75.7 Å². The summed E-state index contributed by atoms with van der Waals surface area (Å²) in [4.78, 5) is 14.6. The van der Waals surface area contributed by atoms with Crippen LogP contribution in [0.1, 0.15) is 26.3 Å². The second kappa shape index (κ2) is 7.63. The Morgan fingerprint density at radius 2 is 1.92 bits per heavy atom. The smallest absolute Gasteiger partial charge is 0.241 e. The SMILES string of the molecule is Cc1ccc(S(=O)(=O)N[C@@H](C(=O)N2CCO[C@H](C)C2)C(C)C)cc1. The number of morpholine rings is 1. The van der Waals surface area contributed by atoms with Crippen molar-refractivity contribution in [3.63, 3.8) is 0 Å². The van der Waals surface area contributed by atoms with Gasteiger partial charge in [-0.2, -0.15) is 4.72 Å². The average molecular weight is 354 g/mol. The molecule has 6 nitrogen and oxygen atoms in total. The predicted molar refractivity (Wildman–Crippen MR) is 92.1 cm³/mol. The van der Waals surface area contributed by atoms with Crippen LogP contribution in [0, 0.1) is 12.8 Å². The molecule has 2 rings (SSSR count). The van der Waals surface area contributed by atoms with E-state index in [0.29, 0.717) is 19.7 Å². The maximum absolute atomic E-state index is 12.8. The van der Waals surface area contributed by atoms with E-state index in [0.717, 1.165) is 5.56 Å². The molecule has 1 aliphatic heterocycles. The van der Waals surface area contributed by atoms with Gasteiger partial charge in [-0.25, -0.2) is 8.42 Å². The first-order valence-electron chi connectivity index (χ1n) is 8.20. The molecule has 1 aromatic carbocycles. The molecule has 7 heteroatoms. The molecule has 1 aromatic rings. The average Bonchev–Trinajstić information content (AvgIpc) is 2.52. The third kappa shape index (κ3) is 4.55. The van der Waals surface area contributed by atoms with Crippen molar-refractivity contribution in [2.45, 2.75) is 44.7 Å². The third-order valence-electron chi connectivity index (χ3n) is 4.10. The van der Waals surface area contributed by atoms with Crippen LogP contribution in [0.15, 0.2) is 29.2 Å². The van der Waals surface area contributed by atoms with Gasteiger partial charge in [-0.3, -0.25) is 4.79 Å². The lowest BCUT2D eigenvalue weighted by Crippen LogP contribution is -2.55. The molecule has 2 atom stereocenters. The van der Waals surface area contributed by atoms with Crippen molar-refractivity contribution in [2.24, 2.45) is 5.92 Å². The van der Waals surface area contributed by atoms with Crippen molar-refractivity contribution in [3.8, 4) is 0 Å². The number of nitrogens with zero attached hydrogens (tertiary/aromatic N) is 1. The largest absolute Gasteiger partial charge is 0.375 e. The first-order valence-corrected chi connectivity index (χ1v) is 9.68. The van der Waals surface area contributed by atoms with E-state index >= 15 is 0 Å². The Balaban J connectivity index is 2.18. The van der Waals surface area contributed by atoms with Crippen LogP contribution in [0.5, 0.6) is 0 Å². The zero-order valence-electron chi connectivity index (χ0n) is 14.7. The van der Waals surface area contributed by atoms with Crippen LogP contribution in [-0.2, 0) is 19.6 Å². The number of rotatable bonds is 5. The first-order chi connectivity index (χ1) is 11.2. The summed E-state index contributed by atoms with van der Waals surface area (Å²) in [7, 11) is -3.75. The number of aryl methyl sites for hydroxylation is 1. The van der Waals surface area contributed by atoms with Gasteiger partial charge in [0.15, 0.2) is 0 Å². The Hall–Kier alpha value is -1.44. The molecule has 0 radical (unpaired) electrons. The number of hydrogen-bond acceptors (Lipinski definition) is 4. The molecule has 1 fully saturated rings. The Morgan fingerprint density at radius 3 is 2.46 bits per heavy atom. The highest BCUT2D eigenvalue weighted by atomic mass is 32.2. The summed E-state index contributed by atoms with van der Waals surface area (Å²) in [6.07, 6.45) is -0.0378. The molecule has 1 amide bonds. The van der Waals surface area contributed by atoms with Gasteiger partial charge < -0.3 is 9.64 Å². The number of ether oxygens (including phenoxy) is 1. The molecule has 0 bridgehead atoms. The van der Waals surface area contributed by atoms with Gasteiger partial charge in [0.1, 0.15) is 6.04 Å². The molecule has 0 unspecified atom stereocenters. The summed E-state index contributed by atoms with van der Waals surface area (Å²) in [5, 5.41) is 0. The van der Waals surface area contributed by atoms with Gasteiger partial charge in [0.2, 0.25) is 15.9 Å². The van der Waals surface area contributed by atoms with Crippen molar-refractivity contribution < 1.29 is 17.9 Å². The standard InChI is InChI=1S/C17H26N2O4S/c1-12(2)16(17(20)19-9-10-23-14(4)11-19)18-24(21,22)15-7-5-13(3)6-8-15/h5-8,12,14,16,18H,9-11H2,1-4H3/t14-,16-/m1/s1. The Morgan fingerprint density at radius 1 is 1.29 bits per heavy atom. The maximum atomic E-state index is 12.8. The van der Waals surface area contributed by atoms with E-state index < -0.39 is 16.1 Å². The van der Waals surface area contributed by atoms with E-state index in [1.807, 2.05) is 27.7 Å². The number of carbonyl (C=O) groups excluding carboxylic acids is 1. The summed E-state index contributed by atoms with van der Waals surface area (Å²) < 4.78 is 33.2. The highest BCUT2D eigenvalue weighted by Gasteiger charge is 2.33. The second-order valence-corrected chi connectivity index (χ2v) is 8.34. The maximum Gasteiger partial charge on any atom is 0.241 e. The molecule has 0 spiro atoms. The Kier molecular flexibility index (Phi) is 6.01. The molecule has 0 saturated carbocycles. The second-order valence-electron chi connectivity index (χ2n) is 6.62. The van der Waals surface area contributed by atoms with Gasteiger partial charge in [-0.1, -0.05) is 31.5 Å². The molecule has 134 valence electrons. The predicted octanol–water partition coefficient (Wildman–Crippen LogP) is 1.55. The number of nitrogens with one attached hydrogen (secondary N) is 1. The molecule has 24 heavy (non-hydrogen) atoms. The molecular formula is C17H26N2O4S. The lowest BCUT2D eigenvalue weighted by molar-refractivity contribution is -0.141. The van der Waals surface area contributed by atoms with Gasteiger partial charge in [0.25, 0.3) is 0 Å². The number of carbonyl (C=O) groups is 1. The van der Waals surface area contributed by atoms with E-state index in [9.17, 15) is 13.2 Å². The van der Waals surface area contributed by atoms with Crippen LogP contribution in [0.2, 0.25) is 0 Å². The summed E-state index contributed by atoms with van der Waals surface area (Å²) in [5.41, 5.74) is 0.979. The van der Waals surface area contributed by atoms with Crippen LogP contribution < -0.4 is 4.72 Å². The molecular weight excluding hydrogens is 328 g/mol. The molecule has 0 aliphatic carbocycles. The molecule has 1 heterocycles. The minimum Gasteiger partial charge on any atom is -0.375 e. The highest BCUT2D eigenvalue weighted by molar-refractivity contribution is 7.89. The number of hydrogen-bond donors (Lipinski definition) is 1. The van der Waals surface area contributed by atoms with Crippen molar-refractivity contribution in [2.75, 3.05) is 19.7 Å². The van der Waals surface area contributed by atoms with Crippen LogP contribution in [0.3, 0.4) is 0 Å². The number of sulfonamides is 1. The van der Waals surface area contributed by atoms with Gasteiger partial charge >= 0.3 is 0 Å². The van der Waals surface area contributed by atoms with Crippen LogP contribution in [-0.4, -0.2) is 51.1 Å². The van der Waals surface area contributed by atoms with E-state index in [2.05, 4.69) is 4.72 Å². The lowest BCUT2D eigenvalue weighted by atomic mass is 10.0. The molecule has 1 aliphatic rings. The monoisotopic (exact) mass is 354 g/mol. The quantitative estimate of drug-likeness (QED) is 0.870. The normalized spacial score (nSPS) is 20.2. The van der Waals surface area contributed by atoms with Crippen LogP contribution in [0.4, 0.5) is 0 Å². The first kappa shape index (κ1) is 18.9. The van der Waals surface area contributed by atoms with E-state index in [4.69, 9.17) is 4.74 Å². The third-order valence-corrected chi connectivity index (χ3v) is 5.56. The Labute approximate surface area is 144 Å².